The largest absolute Gasteiger partial charge is 4.00 e. The Morgan fingerprint density at radius 1 is 0.115 bits per heavy atom. The van der Waals surface area contributed by atoms with Crippen LogP contribution in [0.4, 0.5) is 0 Å². The molecule has 0 saturated carbocycles. The molecule has 0 aromatic heterocycles. The van der Waals surface area contributed by atoms with Gasteiger partial charge in [0.15, 0.2) is 0 Å². The Hall–Kier alpha value is 7.46. The molecule has 0 saturated heterocycles. The maximum atomic E-state index is 8.42. The minimum atomic E-state index is -2.92. The summed E-state index contributed by atoms with van der Waals surface area (Å²) in [5, 5.41) is 252. The number of rotatable bonds is 0. The first kappa shape index (κ1) is 145. The van der Waals surface area contributed by atoms with E-state index in [0.717, 1.165) is 0 Å². The van der Waals surface area contributed by atoms with E-state index in [2.05, 4.69) is 0 Å². The Kier molecular flexibility index (Phi) is 383. The van der Waals surface area contributed by atoms with Crippen LogP contribution in [0.15, 0.2) is 0 Å². The van der Waals surface area contributed by atoms with Crippen molar-refractivity contribution in [3.63, 3.8) is 0 Å². The van der Waals surface area contributed by atoms with Crippen molar-refractivity contribution in [3.8, 4) is 0 Å². The molecule has 0 aliphatic heterocycles. The monoisotopic (exact) mass is 1530 g/mol. The molecular formula is B10O30Sn3Zn9. The molecule has 0 heterocycles. The summed E-state index contributed by atoms with van der Waals surface area (Å²) in [6.45, 7) is 0. The summed E-state index contributed by atoms with van der Waals surface area (Å²) in [5.74, 6) is 0. The van der Waals surface area contributed by atoms with Gasteiger partial charge < -0.3 is 151 Å². The van der Waals surface area contributed by atoms with Crippen LogP contribution in [0.25, 0.3) is 0 Å². The topological polar surface area (TPSA) is 692 Å². The summed E-state index contributed by atoms with van der Waals surface area (Å²) in [4.78, 5) is 0. The van der Waals surface area contributed by atoms with Crippen molar-refractivity contribution in [1.29, 1.82) is 0 Å². The molecule has 0 fully saturated rings. The summed E-state index contributed by atoms with van der Waals surface area (Å²) in [6.07, 6.45) is 0. The molecule has 52 heteroatoms. The second-order valence-corrected chi connectivity index (χ2v) is 2.89. The third kappa shape index (κ3) is 3290. The Bertz CT molecular complexity index is 230. The third-order valence-corrected chi connectivity index (χ3v) is 0. The van der Waals surface area contributed by atoms with Gasteiger partial charge >= 0.3 is 247 Å². The summed E-state index contributed by atoms with van der Waals surface area (Å²) < 4.78 is 0. The summed E-state index contributed by atoms with van der Waals surface area (Å²) >= 11 is 0. The molecule has 30 nitrogen and oxygen atoms in total. The molecule has 0 bridgehead atoms. The van der Waals surface area contributed by atoms with Crippen LogP contribution in [0.5, 0.6) is 0 Å². The van der Waals surface area contributed by atoms with Gasteiger partial charge in [0.2, 0.25) is 0 Å². The zero-order valence-corrected chi connectivity index (χ0v) is 61.2. The normalized spacial score (nSPS) is 5.19. The van der Waals surface area contributed by atoms with E-state index < -0.39 is 73.2 Å². The van der Waals surface area contributed by atoms with Crippen molar-refractivity contribution in [3.05, 3.63) is 0 Å². The van der Waals surface area contributed by atoms with Crippen LogP contribution in [0, 0.1) is 0 Å². The Morgan fingerprint density at radius 2 is 0.115 bits per heavy atom. The van der Waals surface area contributed by atoms with Gasteiger partial charge in [-0.15, -0.1) is 0 Å². The summed E-state index contributed by atoms with van der Waals surface area (Å²) in [6, 6.07) is 0. The molecule has 52 heavy (non-hydrogen) atoms. The van der Waals surface area contributed by atoms with Crippen LogP contribution in [-0.4, -0.2) is 145 Å². The fourth-order valence-corrected chi connectivity index (χ4v) is 0. The predicted molar refractivity (Wildman–Crippen MR) is 74.8 cm³/mol. The maximum Gasteiger partial charge on any atom is 4.00 e. The molecule has 0 aliphatic rings. The van der Waals surface area contributed by atoms with Gasteiger partial charge in [-0.05, 0) is 0 Å². The van der Waals surface area contributed by atoms with Gasteiger partial charge in [0.05, 0.1) is 0 Å². The van der Waals surface area contributed by atoms with Gasteiger partial charge in [0.1, 0.15) is 0 Å². The number of hydrogen-bond donors (Lipinski definition) is 0. The van der Waals surface area contributed by atoms with Crippen molar-refractivity contribution in [2.24, 2.45) is 0 Å². The maximum absolute atomic E-state index is 8.42. The van der Waals surface area contributed by atoms with Crippen LogP contribution >= 0.6 is 0 Å². The Balaban J connectivity index is -0.00000000937. The van der Waals surface area contributed by atoms with E-state index in [-0.39, 0.29) is 247 Å². The molecule has 0 N–H and O–H groups in total. The molecule has 0 aromatic rings. The van der Waals surface area contributed by atoms with Crippen LogP contribution in [0.1, 0.15) is 0 Å². The van der Waals surface area contributed by atoms with Crippen molar-refractivity contribution in [2.45, 2.75) is 0 Å². The van der Waals surface area contributed by atoms with Gasteiger partial charge in [0.25, 0.3) is 0 Å². The third-order valence-electron chi connectivity index (χ3n) is 0. The van der Waals surface area contributed by atoms with E-state index in [9.17, 15) is 0 Å². The second kappa shape index (κ2) is 138. The summed E-state index contributed by atoms with van der Waals surface area (Å²) in [7, 11) is -29.2. The average molecular weight is 1530 g/mol. The molecule has 240 valence electrons. The van der Waals surface area contributed by atoms with Crippen LogP contribution in [0.3, 0.4) is 0 Å². The standard InChI is InChI=1S/10BO3.3Sn.9Zn/c10*2-1(3)4;;;;;;;;;;;;/q10*-3;3*+4;9*+2. The first-order chi connectivity index (χ1) is 17.3. The fraction of sp³-hybridized carbons (Fsp3) is 0. The molecule has 0 spiro atoms. The average Bonchev–Trinajstić information content (AvgIpc) is 2.47. The predicted octanol–water partition coefficient (Wildman–Crippen LogP) is -40.6. The molecule has 0 radical (unpaired) electrons. The second-order valence-electron chi connectivity index (χ2n) is 2.89. The van der Waals surface area contributed by atoms with E-state index in [1.165, 1.54) is 0 Å². The van der Waals surface area contributed by atoms with Crippen molar-refractivity contribution >= 4 is 145 Å². The Morgan fingerprint density at radius 3 is 0.115 bits per heavy atom. The van der Waals surface area contributed by atoms with Gasteiger partial charge in [-0.1, -0.05) is 0 Å². The van der Waals surface area contributed by atoms with Crippen molar-refractivity contribution in [2.75, 3.05) is 0 Å². The molecule has 0 unspecified atom stereocenters. The van der Waals surface area contributed by atoms with Crippen molar-refractivity contribution in [1.82, 2.24) is 0 Å². The van der Waals surface area contributed by atoms with E-state index in [1.807, 2.05) is 0 Å². The quantitative estimate of drug-likeness (QED) is 0.203. The molecule has 0 aromatic carbocycles. The minimum Gasteiger partial charge on any atom is -0.907 e. The smallest absolute Gasteiger partial charge is 0.907 e. The van der Waals surface area contributed by atoms with Crippen molar-refractivity contribution < 1.29 is 326 Å². The van der Waals surface area contributed by atoms with E-state index in [0.29, 0.717) is 0 Å². The Labute approximate surface area is 464 Å². The fourth-order valence-electron chi connectivity index (χ4n) is 0. The zero-order chi connectivity index (χ0) is 35.8. The van der Waals surface area contributed by atoms with Crippen LogP contribution in [0.2, 0.25) is 0 Å². The number of hydrogen-bond acceptors (Lipinski definition) is 30. The van der Waals surface area contributed by atoms with Gasteiger partial charge in [0, 0.05) is 0 Å². The van der Waals surface area contributed by atoms with Crippen LogP contribution in [-0.2, 0) is 175 Å². The van der Waals surface area contributed by atoms with E-state index in [1.54, 1.807) is 0 Å². The SMILES string of the molecule is [O-]B([O-])[O-].[O-]B([O-])[O-].[O-]B([O-])[O-].[O-]B([O-])[O-].[O-]B([O-])[O-].[O-]B([O-])[O-].[O-]B([O-])[O-].[O-]B([O-])[O-].[O-]B([O-])[O-].[O-]B([O-])[O-].[Sn+4].[Sn+4].[Sn+4].[Zn+2].[Zn+2].[Zn+2].[Zn+2].[Zn+2].[Zn+2].[Zn+2].[Zn+2].[Zn+2]. The molecule has 0 aliphatic carbocycles. The minimum absolute atomic E-state index is 0. The molecule has 0 atom stereocenters. The first-order valence-corrected chi connectivity index (χ1v) is 7.07. The first-order valence-electron chi connectivity index (χ1n) is 7.07. The van der Waals surface area contributed by atoms with Gasteiger partial charge in [-0.2, -0.15) is 0 Å². The molecule has 0 amide bonds. The molecular weight excluding hydrogens is 1530 g/mol. The van der Waals surface area contributed by atoms with Gasteiger partial charge in [-0.25, -0.2) is 0 Å². The van der Waals surface area contributed by atoms with E-state index in [4.69, 9.17) is 151 Å². The van der Waals surface area contributed by atoms with Gasteiger partial charge in [-0.3, -0.25) is 73.2 Å². The van der Waals surface area contributed by atoms with Crippen LogP contribution < -0.4 is 151 Å². The zero-order valence-electron chi connectivity index (χ0n) is 25.9. The summed E-state index contributed by atoms with van der Waals surface area (Å²) in [5.41, 5.74) is 0. The van der Waals surface area contributed by atoms with E-state index >= 15 is 0 Å². The molecule has 0 rings (SSSR count).